The number of halogens is 2. The summed E-state index contributed by atoms with van der Waals surface area (Å²) in [6.07, 6.45) is 2.08. The lowest BCUT2D eigenvalue weighted by atomic mass is 10.0. The summed E-state index contributed by atoms with van der Waals surface area (Å²) in [7, 11) is 0. The van der Waals surface area contributed by atoms with Gasteiger partial charge in [-0.3, -0.25) is 0 Å². The molecule has 0 saturated carbocycles. The summed E-state index contributed by atoms with van der Waals surface area (Å²) < 4.78 is 1.74. The van der Waals surface area contributed by atoms with E-state index in [2.05, 4.69) is 26.9 Å². The quantitative estimate of drug-likeness (QED) is 0.762. The molecule has 114 valence electrons. The number of allylic oxidation sites excluding steroid dienone is 1. The second-order valence-corrected chi connectivity index (χ2v) is 6.03. The lowest BCUT2D eigenvalue weighted by Crippen LogP contribution is -2.20. The Labute approximate surface area is 142 Å². The van der Waals surface area contributed by atoms with Gasteiger partial charge >= 0.3 is 0 Å². The third-order valence-corrected chi connectivity index (χ3v) is 4.20. The summed E-state index contributed by atoms with van der Waals surface area (Å²) in [6.45, 7) is 0. The normalized spacial score (nSPS) is 16.4. The van der Waals surface area contributed by atoms with Gasteiger partial charge < -0.3 is 5.32 Å². The molecule has 5 nitrogen and oxygen atoms in total. The fraction of sp³-hybridized carbons (Fsp3) is 0.0625. The van der Waals surface area contributed by atoms with E-state index in [1.165, 1.54) is 0 Å². The van der Waals surface area contributed by atoms with Gasteiger partial charge in [-0.2, -0.15) is 4.68 Å². The number of tetrazole rings is 1. The molecule has 1 aliphatic rings. The summed E-state index contributed by atoms with van der Waals surface area (Å²) in [5.74, 6) is 0.595. The molecule has 0 fully saturated rings. The van der Waals surface area contributed by atoms with Crippen molar-refractivity contribution in [3.05, 3.63) is 75.8 Å². The van der Waals surface area contributed by atoms with Gasteiger partial charge in [0.05, 0.1) is 0 Å². The van der Waals surface area contributed by atoms with E-state index < -0.39 is 0 Å². The minimum absolute atomic E-state index is 0.107. The van der Waals surface area contributed by atoms with Crippen LogP contribution in [0, 0.1) is 0 Å². The molecular formula is C16H11Cl2N5. The first-order valence-electron chi connectivity index (χ1n) is 6.99. The lowest BCUT2D eigenvalue weighted by molar-refractivity contribution is 0.586. The molecule has 2 aromatic carbocycles. The average Bonchev–Trinajstić information content (AvgIpc) is 3.04. The van der Waals surface area contributed by atoms with Crippen LogP contribution in [0.3, 0.4) is 0 Å². The van der Waals surface area contributed by atoms with E-state index in [4.69, 9.17) is 23.2 Å². The zero-order valence-corrected chi connectivity index (χ0v) is 13.3. The minimum Gasteiger partial charge on any atom is -0.323 e. The number of hydrogen-bond donors (Lipinski definition) is 1. The highest BCUT2D eigenvalue weighted by Gasteiger charge is 2.24. The number of nitrogens with zero attached hydrogens (tertiary/aromatic N) is 4. The highest BCUT2D eigenvalue weighted by molar-refractivity contribution is 6.30. The van der Waals surface area contributed by atoms with Crippen LogP contribution in [0.2, 0.25) is 10.0 Å². The van der Waals surface area contributed by atoms with Crippen LogP contribution in [0.1, 0.15) is 17.2 Å². The number of rotatable bonds is 2. The van der Waals surface area contributed by atoms with Gasteiger partial charge in [-0.25, -0.2) is 0 Å². The summed E-state index contributed by atoms with van der Waals surface area (Å²) >= 11 is 11.9. The van der Waals surface area contributed by atoms with Crippen LogP contribution in [0.25, 0.3) is 5.70 Å². The molecule has 0 spiro atoms. The van der Waals surface area contributed by atoms with E-state index in [1.807, 2.05) is 48.5 Å². The Morgan fingerprint density at radius 2 is 1.57 bits per heavy atom. The van der Waals surface area contributed by atoms with Crippen molar-refractivity contribution in [1.82, 2.24) is 20.2 Å². The van der Waals surface area contributed by atoms with E-state index in [0.717, 1.165) is 16.8 Å². The maximum Gasteiger partial charge on any atom is 0.248 e. The van der Waals surface area contributed by atoms with Crippen LogP contribution >= 0.6 is 23.2 Å². The zero-order chi connectivity index (χ0) is 15.8. The molecule has 1 atom stereocenters. The molecule has 4 rings (SSSR count). The second kappa shape index (κ2) is 5.68. The molecule has 7 heteroatoms. The number of anilines is 1. The molecule has 1 N–H and O–H groups in total. The first-order valence-corrected chi connectivity index (χ1v) is 7.74. The molecule has 0 saturated heterocycles. The number of hydrogen-bond acceptors (Lipinski definition) is 4. The van der Waals surface area contributed by atoms with Crippen molar-refractivity contribution >= 4 is 34.8 Å². The number of nitrogens with one attached hydrogen (secondary N) is 1. The van der Waals surface area contributed by atoms with Crippen molar-refractivity contribution < 1.29 is 0 Å². The monoisotopic (exact) mass is 343 g/mol. The SMILES string of the molecule is Clc1ccc(C2=C[C@H](c3ccc(Cl)cc3)n3nnnc3N2)cc1. The topological polar surface area (TPSA) is 55.6 Å². The Morgan fingerprint density at radius 3 is 2.26 bits per heavy atom. The Morgan fingerprint density at radius 1 is 0.913 bits per heavy atom. The van der Waals surface area contributed by atoms with Crippen LogP contribution in [-0.4, -0.2) is 20.2 Å². The van der Waals surface area contributed by atoms with Crippen molar-refractivity contribution in [3.8, 4) is 0 Å². The fourth-order valence-corrected chi connectivity index (χ4v) is 2.80. The predicted octanol–water partition coefficient (Wildman–Crippen LogP) is 4.04. The Balaban J connectivity index is 1.79. The van der Waals surface area contributed by atoms with Crippen LogP contribution in [0.15, 0.2) is 54.6 Å². The van der Waals surface area contributed by atoms with Crippen molar-refractivity contribution in [3.63, 3.8) is 0 Å². The number of fused-ring (bicyclic) bond motifs is 1. The van der Waals surface area contributed by atoms with Gasteiger partial charge in [0.15, 0.2) is 0 Å². The van der Waals surface area contributed by atoms with E-state index in [1.54, 1.807) is 4.68 Å². The van der Waals surface area contributed by atoms with Gasteiger partial charge in [0.25, 0.3) is 0 Å². The predicted molar refractivity (Wildman–Crippen MR) is 90.5 cm³/mol. The van der Waals surface area contributed by atoms with Gasteiger partial charge in [0.2, 0.25) is 5.95 Å². The molecular weight excluding hydrogens is 333 g/mol. The third kappa shape index (κ3) is 2.69. The van der Waals surface area contributed by atoms with Gasteiger partial charge in [0, 0.05) is 15.7 Å². The van der Waals surface area contributed by atoms with E-state index in [-0.39, 0.29) is 6.04 Å². The van der Waals surface area contributed by atoms with E-state index >= 15 is 0 Å². The van der Waals surface area contributed by atoms with Crippen LogP contribution < -0.4 is 5.32 Å². The smallest absolute Gasteiger partial charge is 0.248 e. The molecule has 2 heterocycles. The van der Waals surface area contributed by atoms with Crippen molar-refractivity contribution in [2.45, 2.75) is 6.04 Å². The summed E-state index contributed by atoms with van der Waals surface area (Å²) in [6, 6.07) is 15.2. The van der Waals surface area contributed by atoms with Crippen LogP contribution in [0.5, 0.6) is 0 Å². The van der Waals surface area contributed by atoms with E-state index in [0.29, 0.717) is 16.0 Å². The second-order valence-electron chi connectivity index (χ2n) is 5.16. The maximum absolute atomic E-state index is 5.98. The van der Waals surface area contributed by atoms with Gasteiger partial charge in [-0.1, -0.05) is 52.6 Å². The summed E-state index contributed by atoms with van der Waals surface area (Å²) in [4.78, 5) is 0. The average molecular weight is 344 g/mol. The Kier molecular flexibility index (Phi) is 3.52. The minimum atomic E-state index is -0.107. The molecule has 0 radical (unpaired) electrons. The van der Waals surface area contributed by atoms with Gasteiger partial charge in [0.1, 0.15) is 6.04 Å². The summed E-state index contributed by atoms with van der Waals surface area (Å²) in [5.41, 5.74) is 3.00. The number of benzene rings is 2. The fourth-order valence-electron chi connectivity index (χ4n) is 2.55. The molecule has 1 aliphatic heterocycles. The van der Waals surface area contributed by atoms with E-state index in [9.17, 15) is 0 Å². The largest absolute Gasteiger partial charge is 0.323 e. The van der Waals surface area contributed by atoms with Gasteiger partial charge in [-0.05, 0) is 51.9 Å². The van der Waals surface area contributed by atoms with Crippen LogP contribution in [0.4, 0.5) is 5.95 Å². The first kappa shape index (κ1) is 14.2. The molecule has 23 heavy (non-hydrogen) atoms. The molecule has 0 bridgehead atoms. The van der Waals surface area contributed by atoms with Gasteiger partial charge in [-0.15, -0.1) is 0 Å². The van der Waals surface area contributed by atoms with Crippen molar-refractivity contribution in [1.29, 1.82) is 0 Å². The Bertz CT molecular complexity index is 868. The third-order valence-electron chi connectivity index (χ3n) is 3.69. The number of aromatic nitrogens is 4. The van der Waals surface area contributed by atoms with Crippen molar-refractivity contribution in [2.75, 3.05) is 5.32 Å². The lowest BCUT2D eigenvalue weighted by Gasteiger charge is -2.23. The van der Waals surface area contributed by atoms with Crippen LogP contribution in [-0.2, 0) is 0 Å². The standard InChI is InChI=1S/C16H11Cl2N5/c17-12-5-1-10(2-6-12)14-9-15(11-3-7-13(18)8-4-11)23-16(19-14)20-21-22-23/h1-9,15H,(H,19,20,22)/t15-/m1/s1. The maximum atomic E-state index is 5.98. The van der Waals surface area contributed by atoms with Crippen molar-refractivity contribution in [2.24, 2.45) is 0 Å². The molecule has 1 aromatic heterocycles. The first-order chi connectivity index (χ1) is 11.2. The highest BCUT2D eigenvalue weighted by atomic mass is 35.5. The molecule has 3 aromatic rings. The molecule has 0 unspecified atom stereocenters. The summed E-state index contributed by atoms with van der Waals surface area (Å²) in [5, 5.41) is 16.5. The molecule has 0 amide bonds. The Hall–Kier alpha value is -2.37. The highest BCUT2D eigenvalue weighted by Crippen LogP contribution is 2.32. The zero-order valence-electron chi connectivity index (χ0n) is 11.8. The molecule has 0 aliphatic carbocycles.